The molecular weight excluding hydrogens is 187 g/mol. The predicted molar refractivity (Wildman–Crippen MR) is 40.5 cm³/mol. The molecule has 0 rings (SSSR count). The Kier molecular flexibility index (Phi) is 4.05. The van der Waals surface area contributed by atoms with Crippen molar-refractivity contribution < 1.29 is 24.1 Å². The Morgan fingerprint density at radius 2 is 1.83 bits per heavy atom. The van der Waals surface area contributed by atoms with Crippen LogP contribution in [0.3, 0.4) is 0 Å². The second-order valence-electron chi connectivity index (χ2n) is 2.03. The first-order chi connectivity index (χ1) is 5.31. The maximum Gasteiger partial charge on any atom is 0.472 e. The van der Waals surface area contributed by atoms with Crippen molar-refractivity contribution in [1.82, 2.24) is 0 Å². The zero-order valence-corrected chi connectivity index (χ0v) is 7.03. The van der Waals surface area contributed by atoms with E-state index in [4.69, 9.17) is 21.0 Å². The summed E-state index contributed by atoms with van der Waals surface area (Å²) in [7, 11) is -3.57. The number of aliphatic carboxylic acids is 1. The minimum atomic E-state index is -3.57. The van der Waals surface area contributed by atoms with Crippen LogP contribution in [0.1, 0.15) is 12.8 Å². The Hall–Kier alpha value is -0.750. The molecule has 0 aromatic carbocycles. The number of hydrogen-bond acceptors (Lipinski definition) is 6. The summed E-state index contributed by atoms with van der Waals surface area (Å²) in [5, 5.41) is 8.14. The summed E-state index contributed by atoms with van der Waals surface area (Å²) in [6.45, 7) is 0. The van der Waals surface area contributed by atoms with Crippen LogP contribution in [0.25, 0.3) is 0 Å². The summed E-state index contributed by atoms with van der Waals surface area (Å²) in [5.41, 5.74) is 9.59. The van der Waals surface area contributed by atoms with E-state index in [0.717, 1.165) is 0 Å². The van der Waals surface area contributed by atoms with Crippen LogP contribution in [0.4, 0.5) is 0 Å². The largest absolute Gasteiger partial charge is 0.481 e. The molecule has 0 heterocycles. The van der Waals surface area contributed by atoms with Gasteiger partial charge in [-0.2, -0.15) is 4.89 Å². The number of carboxylic acids is 1. The lowest BCUT2D eigenvalue weighted by Gasteiger charge is -2.04. The van der Waals surface area contributed by atoms with E-state index in [1.807, 2.05) is 0 Å². The average Bonchev–Trinajstić information content (AvgIpc) is 1.79. The normalized spacial score (nSPS) is 10.9. The third kappa shape index (κ3) is 7.36. The first-order valence-electron chi connectivity index (χ1n) is 2.94. The molecule has 0 aliphatic heterocycles. The number of carbonyl (C=O) groups is 2. The summed E-state index contributed by atoms with van der Waals surface area (Å²) >= 11 is 0. The number of rotatable bonds is 4. The van der Waals surface area contributed by atoms with Crippen molar-refractivity contribution in [1.29, 1.82) is 0 Å². The van der Waals surface area contributed by atoms with Gasteiger partial charge in [0.05, 0.1) is 12.8 Å². The van der Waals surface area contributed by atoms with Gasteiger partial charge in [-0.25, -0.2) is 9.32 Å². The van der Waals surface area contributed by atoms with Gasteiger partial charge in [0.15, 0.2) is 0 Å². The minimum absolute atomic E-state index is 0.355. The van der Waals surface area contributed by atoms with Crippen molar-refractivity contribution in [3.05, 3.63) is 0 Å². The van der Waals surface area contributed by atoms with Crippen molar-refractivity contribution in [3.63, 3.8) is 0 Å². The molecule has 6 N–H and O–H groups in total. The summed E-state index contributed by atoms with van der Waals surface area (Å²) in [4.78, 5) is 29.2. The monoisotopic (exact) mass is 197 g/mol. The summed E-state index contributed by atoms with van der Waals surface area (Å²) < 4.78 is 4.11. The number of nitrogens with two attached hydrogens (primary N) is 2. The molecule has 0 aliphatic rings. The lowest BCUT2D eigenvalue weighted by molar-refractivity contribution is -0.142. The van der Waals surface area contributed by atoms with E-state index in [-0.39, 0.29) is 12.8 Å². The van der Waals surface area contributed by atoms with Crippen molar-refractivity contribution in [2.45, 2.75) is 12.8 Å². The van der Waals surface area contributed by atoms with Crippen LogP contribution in [-0.2, 0) is 14.1 Å². The first kappa shape index (κ1) is 11.2. The number of hydrogen-bond donors (Lipinski definition) is 4. The van der Waals surface area contributed by atoms with E-state index in [9.17, 15) is 9.59 Å². The molecule has 0 atom stereocenters. The van der Waals surface area contributed by atoms with E-state index in [1.165, 1.54) is 0 Å². The third-order valence-corrected chi connectivity index (χ3v) is 1.29. The van der Waals surface area contributed by atoms with Crippen molar-refractivity contribution in [2.24, 2.45) is 11.0 Å². The molecule has 0 aromatic heterocycles. The van der Waals surface area contributed by atoms with Crippen LogP contribution in [-0.4, -0.2) is 21.9 Å². The Morgan fingerprint density at radius 1 is 1.33 bits per heavy atom. The SMILES string of the molecule is N[P+](N)(O)OC(=O)CCC(=O)O. The van der Waals surface area contributed by atoms with Gasteiger partial charge in [0, 0.05) is 0 Å². The fourth-order valence-corrected chi connectivity index (χ4v) is 0.835. The van der Waals surface area contributed by atoms with E-state index >= 15 is 0 Å². The van der Waals surface area contributed by atoms with Gasteiger partial charge in [0.25, 0.3) is 0 Å². The average molecular weight is 197 g/mol. The fraction of sp³-hybridized carbons (Fsp3) is 0.500. The highest BCUT2D eigenvalue weighted by molar-refractivity contribution is 7.61. The number of carboxylic acid groups (broad SMARTS) is 1. The summed E-state index contributed by atoms with van der Waals surface area (Å²) in [5.74, 6) is -2.05. The molecule has 0 amide bonds. The van der Waals surface area contributed by atoms with Crippen molar-refractivity contribution >= 4 is 20.0 Å². The quantitative estimate of drug-likeness (QED) is 0.423. The molecule has 0 unspecified atom stereocenters. The van der Waals surface area contributed by atoms with Gasteiger partial charge in [0.1, 0.15) is 0 Å². The lowest BCUT2D eigenvalue weighted by atomic mass is 10.3. The van der Waals surface area contributed by atoms with Crippen molar-refractivity contribution in [3.8, 4) is 0 Å². The van der Waals surface area contributed by atoms with Crippen molar-refractivity contribution in [2.75, 3.05) is 0 Å². The van der Waals surface area contributed by atoms with E-state index in [2.05, 4.69) is 4.52 Å². The van der Waals surface area contributed by atoms with Gasteiger partial charge in [-0.15, -0.1) is 11.0 Å². The maximum absolute atomic E-state index is 10.6. The third-order valence-electron chi connectivity index (χ3n) is 0.791. The second-order valence-corrected chi connectivity index (χ2v) is 3.56. The van der Waals surface area contributed by atoms with Gasteiger partial charge < -0.3 is 5.11 Å². The Labute approximate surface area is 68.9 Å². The topological polar surface area (TPSA) is 136 Å². The fourth-order valence-electron chi connectivity index (χ4n) is 0.418. The van der Waals surface area contributed by atoms with Crippen LogP contribution in [0.15, 0.2) is 0 Å². The van der Waals surface area contributed by atoms with Gasteiger partial charge >= 0.3 is 20.0 Å². The molecule has 0 radical (unpaired) electrons. The molecule has 7 nitrogen and oxygen atoms in total. The Bertz CT molecular complexity index is 188. The molecule has 8 heteroatoms. The van der Waals surface area contributed by atoms with E-state index < -0.39 is 20.0 Å². The van der Waals surface area contributed by atoms with Crippen LogP contribution in [0.2, 0.25) is 0 Å². The summed E-state index contributed by atoms with van der Waals surface area (Å²) in [6.07, 6.45) is -0.731. The van der Waals surface area contributed by atoms with Gasteiger partial charge in [-0.3, -0.25) is 4.79 Å². The molecule has 70 valence electrons. The highest BCUT2D eigenvalue weighted by Gasteiger charge is 2.31. The van der Waals surface area contributed by atoms with Crippen LogP contribution in [0, 0.1) is 0 Å². The van der Waals surface area contributed by atoms with E-state index in [0.29, 0.717) is 0 Å². The minimum Gasteiger partial charge on any atom is -0.481 e. The molecule has 0 aliphatic carbocycles. The second kappa shape index (κ2) is 4.32. The predicted octanol–water partition coefficient (Wildman–Crippen LogP) is -1.02. The smallest absolute Gasteiger partial charge is 0.472 e. The molecular formula is C4H10N2O5P+. The molecule has 0 saturated heterocycles. The highest BCUT2D eigenvalue weighted by atomic mass is 31.2. The lowest BCUT2D eigenvalue weighted by Crippen LogP contribution is -2.20. The van der Waals surface area contributed by atoms with Crippen LogP contribution in [0.5, 0.6) is 0 Å². The Balaban J connectivity index is 3.68. The van der Waals surface area contributed by atoms with Gasteiger partial charge in [0.2, 0.25) is 0 Å². The zero-order valence-electron chi connectivity index (χ0n) is 6.14. The van der Waals surface area contributed by atoms with Crippen LogP contribution < -0.4 is 11.0 Å². The number of carbonyl (C=O) groups excluding carboxylic acids is 1. The molecule has 0 aromatic rings. The standard InChI is InChI=1S/C4H9N2O5P/c5-12(6,10)11-4(9)2-1-3(7)8/h10H,1-2,5-6H2/p+1. The summed E-state index contributed by atoms with van der Waals surface area (Å²) in [6, 6.07) is 0. The maximum atomic E-state index is 10.6. The van der Waals surface area contributed by atoms with Gasteiger partial charge in [-0.05, 0) is 0 Å². The zero-order chi connectivity index (χ0) is 9.78. The first-order valence-corrected chi connectivity index (χ1v) is 4.74. The molecule has 0 bridgehead atoms. The molecule has 0 saturated carbocycles. The molecule has 0 fully saturated rings. The van der Waals surface area contributed by atoms with Crippen LogP contribution >= 0.6 is 8.02 Å². The molecule has 0 spiro atoms. The highest BCUT2D eigenvalue weighted by Crippen LogP contribution is 2.36. The van der Waals surface area contributed by atoms with E-state index in [1.54, 1.807) is 0 Å². The Morgan fingerprint density at radius 3 is 2.17 bits per heavy atom. The van der Waals surface area contributed by atoms with Gasteiger partial charge in [-0.1, -0.05) is 0 Å². The molecule has 12 heavy (non-hydrogen) atoms.